The summed E-state index contributed by atoms with van der Waals surface area (Å²) in [6.45, 7) is -1.52. The molecule has 0 saturated carbocycles. The number of carbonyl (C=O) groups excluding carboxylic acids is 2. The van der Waals surface area contributed by atoms with Gasteiger partial charge in [-0.3, -0.25) is 4.79 Å². The Hall–Kier alpha value is -3.53. The van der Waals surface area contributed by atoms with E-state index < -0.39 is 42.6 Å². The highest BCUT2D eigenvalue weighted by Crippen LogP contribution is 2.44. The van der Waals surface area contributed by atoms with Gasteiger partial charge in [-0.2, -0.15) is 8.78 Å². The van der Waals surface area contributed by atoms with Crippen LogP contribution in [0, 0.1) is 0 Å². The number of carboxylic acids is 1. The number of aliphatic hydroxyl groups is 1. The molecule has 1 aliphatic carbocycles. The smallest absolute Gasteiger partial charge is 0.407 e. The van der Waals surface area contributed by atoms with Crippen LogP contribution in [-0.4, -0.2) is 59.4 Å². The van der Waals surface area contributed by atoms with Crippen LogP contribution in [-0.2, 0) is 14.3 Å². The zero-order chi connectivity index (χ0) is 23.5. The Kier molecular flexibility index (Phi) is 6.45. The van der Waals surface area contributed by atoms with Gasteiger partial charge >= 0.3 is 18.0 Å². The maximum absolute atomic E-state index is 14.0. The SMILES string of the molecule is CC(O)(CNC(=O)C(F)(F)CNC(=O)OCC1c2ccccc2-c2ccccc21)C(=O)O. The molecule has 0 saturated heterocycles. The summed E-state index contributed by atoms with van der Waals surface area (Å²) in [5.41, 5.74) is 1.52. The van der Waals surface area contributed by atoms with E-state index in [4.69, 9.17) is 9.84 Å². The molecule has 32 heavy (non-hydrogen) atoms. The average molecular weight is 448 g/mol. The van der Waals surface area contributed by atoms with Crippen molar-refractivity contribution < 1.29 is 38.1 Å². The Labute approximate surface area is 182 Å². The number of ether oxygens (including phenoxy) is 1. The minimum Gasteiger partial charge on any atom is -0.479 e. The number of fused-ring (bicyclic) bond motifs is 3. The van der Waals surface area contributed by atoms with Crippen LogP contribution >= 0.6 is 0 Å². The molecule has 0 spiro atoms. The zero-order valence-corrected chi connectivity index (χ0v) is 17.1. The zero-order valence-electron chi connectivity index (χ0n) is 17.1. The van der Waals surface area contributed by atoms with Crippen LogP contribution in [0.15, 0.2) is 48.5 Å². The first-order valence-electron chi connectivity index (χ1n) is 9.73. The third-order valence-electron chi connectivity index (χ3n) is 5.18. The number of hydrogen-bond acceptors (Lipinski definition) is 5. The number of hydrogen-bond donors (Lipinski definition) is 4. The second-order valence-electron chi connectivity index (χ2n) is 7.65. The first-order valence-corrected chi connectivity index (χ1v) is 9.73. The molecule has 0 heterocycles. The maximum atomic E-state index is 14.0. The summed E-state index contributed by atoms with van der Waals surface area (Å²) < 4.78 is 33.1. The van der Waals surface area contributed by atoms with Gasteiger partial charge in [0, 0.05) is 5.92 Å². The molecule has 0 bridgehead atoms. The van der Waals surface area contributed by atoms with Crippen molar-refractivity contribution in [3.63, 3.8) is 0 Å². The number of carboxylic acid groups (broad SMARTS) is 1. The molecule has 1 atom stereocenters. The summed E-state index contributed by atoms with van der Waals surface area (Å²) in [7, 11) is 0. The van der Waals surface area contributed by atoms with E-state index in [2.05, 4.69) is 0 Å². The van der Waals surface area contributed by atoms with Crippen LogP contribution in [0.1, 0.15) is 24.0 Å². The minimum absolute atomic E-state index is 0.0842. The van der Waals surface area contributed by atoms with Crippen molar-refractivity contribution in [2.75, 3.05) is 19.7 Å². The molecular formula is C22H22F2N2O6. The summed E-state index contributed by atoms with van der Waals surface area (Å²) in [5.74, 6) is -7.81. The highest BCUT2D eigenvalue weighted by molar-refractivity contribution is 5.85. The molecule has 0 aliphatic heterocycles. The van der Waals surface area contributed by atoms with Gasteiger partial charge in [-0.25, -0.2) is 9.59 Å². The summed E-state index contributed by atoms with van der Waals surface area (Å²) in [5, 5.41) is 21.7. The molecule has 0 aromatic heterocycles. The third-order valence-corrected chi connectivity index (χ3v) is 5.18. The minimum atomic E-state index is -4.04. The Bertz CT molecular complexity index is 995. The molecule has 1 aliphatic rings. The number of amides is 2. The summed E-state index contributed by atoms with van der Waals surface area (Å²) >= 11 is 0. The van der Waals surface area contributed by atoms with Crippen LogP contribution in [0.3, 0.4) is 0 Å². The summed E-state index contributed by atoms with van der Waals surface area (Å²) in [4.78, 5) is 34.4. The molecule has 3 rings (SSSR count). The lowest BCUT2D eigenvalue weighted by atomic mass is 9.98. The molecule has 0 radical (unpaired) electrons. The van der Waals surface area contributed by atoms with E-state index in [-0.39, 0.29) is 12.5 Å². The average Bonchev–Trinajstić information content (AvgIpc) is 3.08. The number of rotatable bonds is 8. The standard InChI is InChI=1S/C22H22F2N2O6/c1-21(31,19(28)29)11-25-18(27)22(23,24)12-26-20(30)32-10-17-15-8-4-2-6-13(15)14-7-3-5-9-16(14)17/h2-9,17,31H,10-12H2,1H3,(H,25,27)(H,26,30)(H,28,29). The normalized spacial score (nSPS) is 14.6. The van der Waals surface area contributed by atoms with Gasteiger partial charge in [-0.05, 0) is 29.2 Å². The predicted molar refractivity (Wildman–Crippen MR) is 109 cm³/mol. The van der Waals surface area contributed by atoms with Crippen molar-refractivity contribution >= 4 is 18.0 Å². The van der Waals surface area contributed by atoms with Crippen molar-refractivity contribution in [2.45, 2.75) is 24.4 Å². The van der Waals surface area contributed by atoms with E-state index in [1.165, 1.54) is 0 Å². The fraction of sp³-hybridized carbons (Fsp3) is 0.318. The second kappa shape index (κ2) is 8.91. The number of aliphatic carboxylic acids is 1. The van der Waals surface area contributed by atoms with Crippen molar-refractivity contribution in [1.29, 1.82) is 0 Å². The van der Waals surface area contributed by atoms with Crippen LogP contribution < -0.4 is 10.6 Å². The van der Waals surface area contributed by atoms with Gasteiger partial charge in [0.25, 0.3) is 5.91 Å². The van der Waals surface area contributed by atoms with Gasteiger partial charge in [0.2, 0.25) is 0 Å². The van der Waals surface area contributed by atoms with Crippen molar-refractivity contribution in [3.8, 4) is 11.1 Å². The molecule has 10 heteroatoms. The molecule has 4 N–H and O–H groups in total. The van der Waals surface area contributed by atoms with Gasteiger partial charge in [-0.15, -0.1) is 0 Å². The van der Waals surface area contributed by atoms with E-state index >= 15 is 0 Å². The van der Waals surface area contributed by atoms with Crippen LogP contribution in [0.4, 0.5) is 13.6 Å². The van der Waals surface area contributed by atoms with E-state index in [1.54, 1.807) is 5.32 Å². The fourth-order valence-electron chi connectivity index (χ4n) is 3.37. The monoisotopic (exact) mass is 448 g/mol. The van der Waals surface area contributed by atoms with Crippen molar-refractivity contribution in [2.24, 2.45) is 0 Å². The topological polar surface area (TPSA) is 125 Å². The molecule has 2 aromatic carbocycles. The number of alkyl carbamates (subject to hydrolysis) is 1. The van der Waals surface area contributed by atoms with Crippen LogP contribution in [0.5, 0.6) is 0 Å². The van der Waals surface area contributed by atoms with Crippen LogP contribution in [0.25, 0.3) is 11.1 Å². The van der Waals surface area contributed by atoms with Gasteiger partial charge in [0.1, 0.15) is 6.61 Å². The van der Waals surface area contributed by atoms with Gasteiger partial charge in [-0.1, -0.05) is 48.5 Å². The van der Waals surface area contributed by atoms with E-state index in [0.29, 0.717) is 0 Å². The summed E-state index contributed by atoms with van der Waals surface area (Å²) in [6, 6.07) is 15.2. The van der Waals surface area contributed by atoms with Gasteiger partial charge in [0.15, 0.2) is 5.60 Å². The highest BCUT2D eigenvalue weighted by atomic mass is 19.3. The fourth-order valence-corrected chi connectivity index (χ4v) is 3.37. The van der Waals surface area contributed by atoms with Gasteiger partial charge in [0.05, 0.1) is 13.1 Å². The maximum Gasteiger partial charge on any atom is 0.407 e. The van der Waals surface area contributed by atoms with Crippen molar-refractivity contribution in [1.82, 2.24) is 10.6 Å². The van der Waals surface area contributed by atoms with E-state index in [0.717, 1.165) is 29.2 Å². The molecule has 1 unspecified atom stereocenters. The number of benzene rings is 2. The number of alkyl halides is 2. The Morgan fingerprint density at radius 1 is 0.969 bits per heavy atom. The lowest BCUT2D eigenvalue weighted by Crippen LogP contribution is -2.53. The quantitative estimate of drug-likeness (QED) is 0.490. The third kappa shape index (κ3) is 4.86. The lowest BCUT2D eigenvalue weighted by molar-refractivity contribution is -0.158. The molecule has 0 fully saturated rings. The largest absolute Gasteiger partial charge is 0.479 e. The number of carbonyl (C=O) groups is 3. The number of halogens is 2. The molecular weight excluding hydrogens is 426 g/mol. The Morgan fingerprint density at radius 3 is 2.03 bits per heavy atom. The number of nitrogens with one attached hydrogen (secondary N) is 2. The Morgan fingerprint density at radius 2 is 1.50 bits per heavy atom. The lowest BCUT2D eigenvalue weighted by Gasteiger charge is -2.21. The van der Waals surface area contributed by atoms with Gasteiger partial charge < -0.3 is 25.6 Å². The molecule has 2 aromatic rings. The molecule has 170 valence electrons. The Balaban J connectivity index is 1.54. The van der Waals surface area contributed by atoms with Crippen molar-refractivity contribution in [3.05, 3.63) is 59.7 Å². The molecule has 8 nitrogen and oxygen atoms in total. The highest BCUT2D eigenvalue weighted by Gasteiger charge is 2.41. The molecule has 2 amide bonds. The second-order valence-corrected chi connectivity index (χ2v) is 7.65. The first kappa shape index (κ1) is 23.1. The van der Waals surface area contributed by atoms with Crippen LogP contribution in [0.2, 0.25) is 0 Å². The van der Waals surface area contributed by atoms with E-state index in [9.17, 15) is 28.3 Å². The first-order chi connectivity index (χ1) is 15.0. The summed E-state index contributed by atoms with van der Waals surface area (Å²) in [6.07, 6.45) is -1.13. The predicted octanol–water partition coefficient (Wildman–Crippen LogP) is 2.11. The van der Waals surface area contributed by atoms with E-state index in [1.807, 2.05) is 53.8 Å².